The Morgan fingerprint density at radius 1 is 1.33 bits per heavy atom. The van der Waals surface area contributed by atoms with Crippen molar-refractivity contribution in [2.45, 2.75) is 32.4 Å². The van der Waals surface area contributed by atoms with E-state index < -0.39 is 0 Å². The van der Waals surface area contributed by atoms with E-state index in [-0.39, 0.29) is 6.10 Å². The Hall–Kier alpha value is -0.860. The molecule has 1 fully saturated rings. The summed E-state index contributed by atoms with van der Waals surface area (Å²) in [4.78, 5) is 1.51. The summed E-state index contributed by atoms with van der Waals surface area (Å²) < 4.78 is 0. The maximum Gasteiger partial charge on any atom is 0.104 e. The van der Waals surface area contributed by atoms with Crippen LogP contribution in [0.25, 0.3) is 0 Å². The fraction of sp³-hybridized carbons (Fsp3) is 0.538. The number of quaternary nitrogens is 1. The maximum absolute atomic E-state index is 9.58. The number of benzene rings is 1. The van der Waals surface area contributed by atoms with E-state index in [4.69, 9.17) is 0 Å². The van der Waals surface area contributed by atoms with Crippen LogP contribution in [0.5, 0.6) is 0 Å². The van der Waals surface area contributed by atoms with Gasteiger partial charge in [0.05, 0.1) is 6.54 Å². The molecule has 0 spiro atoms. The van der Waals surface area contributed by atoms with Gasteiger partial charge in [0.1, 0.15) is 19.2 Å². The SMILES string of the molecule is Cc1ccc(C[NH+]2CCC[C@@H](O)C2)cc1. The topological polar surface area (TPSA) is 24.7 Å². The zero-order valence-electron chi connectivity index (χ0n) is 9.37. The number of aliphatic hydroxyl groups excluding tert-OH is 1. The highest BCUT2D eigenvalue weighted by Gasteiger charge is 2.20. The molecule has 82 valence electrons. The minimum atomic E-state index is -0.0841. The van der Waals surface area contributed by atoms with E-state index >= 15 is 0 Å². The molecule has 1 saturated heterocycles. The van der Waals surface area contributed by atoms with Gasteiger partial charge in [-0.15, -0.1) is 0 Å². The number of aliphatic hydroxyl groups is 1. The summed E-state index contributed by atoms with van der Waals surface area (Å²) in [5.41, 5.74) is 2.69. The summed E-state index contributed by atoms with van der Waals surface area (Å²) >= 11 is 0. The Morgan fingerprint density at radius 2 is 2.07 bits per heavy atom. The second kappa shape index (κ2) is 4.77. The number of aryl methyl sites for hydroxylation is 1. The van der Waals surface area contributed by atoms with Crippen LogP contribution in [0.4, 0.5) is 0 Å². The summed E-state index contributed by atoms with van der Waals surface area (Å²) in [6, 6.07) is 8.72. The smallest absolute Gasteiger partial charge is 0.104 e. The molecule has 0 bridgehead atoms. The quantitative estimate of drug-likeness (QED) is 0.725. The third-order valence-electron chi connectivity index (χ3n) is 3.17. The number of nitrogens with one attached hydrogen (secondary N) is 1. The summed E-state index contributed by atoms with van der Waals surface area (Å²) in [6.45, 7) is 5.28. The van der Waals surface area contributed by atoms with E-state index in [1.54, 1.807) is 0 Å². The van der Waals surface area contributed by atoms with Crippen molar-refractivity contribution in [1.82, 2.24) is 0 Å². The van der Waals surface area contributed by atoms with E-state index in [1.165, 1.54) is 22.6 Å². The monoisotopic (exact) mass is 206 g/mol. The molecule has 0 saturated carbocycles. The molecule has 1 aliphatic rings. The van der Waals surface area contributed by atoms with Crippen LogP contribution in [0.1, 0.15) is 24.0 Å². The first kappa shape index (κ1) is 10.7. The third-order valence-corrected chi connectivity index (χ3v) is 3.17. The second-order valence-corrected chi connectivity index (χ2v) is 4.66. The van der Waals surface area contributed by atoms with Crippen LogP contribution >= 0.6 is 0 Å². The summed E-state index contributed by atoms with van der Waals surface area (Å²) in [5.74, 6) is 0. The van der Waals surface area contributed by atoms with Crippen molar-refractivity contribution in [3.63, 3.8) is 0 Å². The number of likely N-dealkylation sites (tertiary alicyclic amines) is 1. The predicted octanol–water partition coefficient (Wildman–Crippen LogP) is 0.535. The Kier molecular flexibility index (Phi) is 3.39. The molecule has 1 aromatic rings. The van der Waals surface area contributed by atoms with E-state index in [2.05, 4.69) is 31.2 Å². The zero-order chi connectivity index (χ0) is 10.7. The van der Waals surface area contributed by atoms with Crippen molar-refractivity contribution in [3.8, 4) is 0 Å². The fourth-order valence-corrected chi connectivity index (χ4v) is 2.28. The predicted molar refractivity (Wildman–Crippen MR) is 60.8 cm³/mol. The minimum absolute atomic E-state index is 0.0841. The number of piperidine rings is 1. The Labute approximate surface area is 91.5 Å². The summed E-state index contributed by atoms with van der Waals surface area (Å²) in [6.07, 6.45) is 2.05. The molecule has 1 aromatic carbocycles. The fourth-order valence-electron chi connectivity index (χ4n) is 2.28. The van der Waals surface area contributed by atoms with Crippen LogP contribution in [-0.4, -0.2) is 24.3 Å². The molecule has 2 atom stereocenters. The molecule has 2 rings (SSSR count). The highest BCUT2D eigenvalue weighted by atomic mass is 16.3. The van der Waals surface area contributed by atoms with Crippen LogP contribution < -0.4 is 4.90 Å². The van der Waals surface area contributed by atoms with Gasteiger partial charge in [0, 0.05) is 5.56 Å². The first-order valence-electron chi connectivity index (χ1n) is 5.81. The molecular weight excluding hydrogens is 186 g/mol. The van der Waals surface area contributed by atoms with Crippen LogP contribution in [0.3, 0.4) is 0 Å². The van der Waals surface area contributed by atoms with Crippen molar-refractivity contribution in [2.75, 3.05) is 13.1 Å². The van der Waals surface area contributed by atoms with Gasteiger partial charge in [-0.2, -0.15) is 0 Å². The maximum atomic E-state index is 9.58. The molecule has 2 nitrogen and oxygen atoms in total. The molecule has 1 heterocycles. The van der Waals surface area contributed by atoms with Crippen molar-refractivity contribution in [3.05, 3.63) is 35.4 Å². The zero-order valence-corrected chi connectivity index (χ0v) is 9.37. The third kappa shape index (κ3) is 3.05. The van der Waals surface area contributed by atoms with Crippen molar-refractivity contribution in [1.29, 1.82) is 0 Å². The molecule has 2 N–H and O–H groups in total. The normalized spacial score (nSPS) is 26.5. The Bertz CT molecular complexity index is 307. The van der Waals surface area contributed by atoms with Gasteiger partial charge in [-0.25, -0.2) is 0 Å². The first-order valence-corrected chi connectivity index (χ1v) is 5.81. The van der Waals surface area contributed by atoms with Crippen LogP contribution in [0.15, 0.2) is 24.3 Å². The molecule has 0 aliphatic carbocycles. The lowest BCUT2D eigenvalue weighted by molar-refractivity contribution is -0.921. The van der Waals surface area contributed by atoms with E-state index in [0.29, 0.717) is 0 Å². The largest absolute Gasteiger partial charge is 0.387 e. The first-order chi connectivity index (χ1) is 7.24. The summed E-state index contributed by atoms with van der Waals surface area (Å²) in [5, 5.41) is 9.58. The van der Waals surface area contributed by atoms with Gasteiger partial charge >= 0.3 is 0 Å². The summed E-state index contributed by atoms with van der Waals surface area (Å²) in [7, 11) is 0. The lowest BCUT2D eigenvalue weighted by atomic mass is 10.1. The van der Waals surface area contributed by atoms with Crippen molar-refractivity contribution in [2.24, 2.45) is 0 Å². The van der Waals surface area contributed by atoms with Gasteiger partial charge in [0.25, 0.3) is 0 Å². The van der Waals surface area contributed by atoms with Gasteiger partial charge in [-0.3, -0.25) is 0 Å². The average molecular weight is 206 g/mol. The van der Waals surface area contributed by atoms with Gasteiger partial charge in [0.15, 0.2) is 0 Å². The van der Waals surface area contributed by atoms with E-state index in [9.17, 15) is 5.11 Å². The molecule has 0 aromatic heterocycles. The van der Waals surface area contributed by atoms with Crippen LogP contribution in [-0.2, 0) is 6.54 Å². The Balaban J connectivity index is 1.93. The molecule has 2 heteroatoms. The van der Waals surface area contributed by atoms with Crippen molar-refractivity contribution >= 4 is 0 Å². The molecule has 0 radical (unpaired) electrons. The number of hydrogen-bond acceptors (Lipinski definition) is 1. The Morgan fingerprint density at radius 3 is 2.73 bits per heavy atom. The van der Waals surface area contributed by atoms with Gasteiger partial charge < -0.3 is 10.0 Å². The molecule has 1 unspecified atom stereocenters. The molecule has 15 heavy (non-hydrogen) atoms. The number of hydrogen-bond donors (Lipinski definition) is 2. The molecule has 1 aliphatic heterocycles. The minimum Gasteiger partial charge on any atom is -0.387 e. The molecule has 0 amide bonds. The van der Waals surface area contributed by atoms with Crippen LogP contribution in [0.2, 0.25) is 0 Å². The molecular formula is C13H20NO+. The van der Waals surface area contributed by atoms with E-state index in [0.717, 1.165) is 25.9 Å². The van der Waals surface area contributed by atoms with E-state index in [1.807, 2.05) is 0 Å². The van der Waals surface area contributed by atoms with Crippen molar-refractivity contribution < 1.29 is 10.0 Å². The second-order valence-electron chi connectivity index (χ2n) is 4.66. The van der Waals surface area contributed by atoms with Gasteiger partial charge in [-0.1, -0.05) is 29.8 Å². The lowest BCUT2D eigenvalue weighted by Gasteiger charge is -2.27. The lowest BCUT2D eigenvalue weighted by Crippen LogP contribution is -3.12. The average Bonchev–Trinajstić information content (AvgIpc) is 2.22. The highest BCUT2D eigenvalue weighted by molar-refractivity contribution is 5.20. The standard InChI is InChI=1S/C13H19NO/c1-11-4-6-12(7-5-11)9-14-8-2-3-13(15)10-14/h4-7,13,15H,2-3,8-10H2,1H3/p+1/t13-/m1/s1. The highest BCUT2D eigenvalue weighted by Crippen LogP contribution is 2.03. The number of rotatable bonds is 2. The van der Waals surface area contributed by atoms with Gasteiger partial charge in [0.2, 0.25) is 0 Å². The van der Waals surface area contributed by atoms with Gasteiger partial charge in [-0.05, 0) is 19.8 Å². The van der Waals surface area contributed by atoms with Crippen LogP contribution in [0, 0.1) is 6.92 Å².